The van der Waals surface area contributed by atoms with Crippen molar-refractivity contribution in [3.05, 3.63) is 66.0 Å². The number of amides is 1. The molecule has 1 aliphatic heterocycles. The third-order valence-electron chi connectivity index (χ3n) is 5.07. The second kappa shape index (κ2) is 7.74. The fourth-order valence-electron chi connectivity index (χ4n) is 3.56. The Balaban J connectivity index is 1.78. The minimum Gasteiger partial charge on any atom is -0.336 e. The number of benzene rings is 2. The van der Waals surface area contributed by atoms with Crippen LogP contribution in [0.15, 0.2) is 54.6 Å². The van der Waals surface area contributed by atoms with E-state index in [2.05, 4.69) is 10.1 Å². The summed E-state index contributed by atoms with van der Waals surface area (Å²) in [7, 11) is 0. The summed E-state index contributed by atoms with van der Waals surface area (Å²) >= 11 is 0. The van der Waals surface area contributed by atoms with Crippen LogP contribution in [-0.4, -0.2) is 38.7 Å². The molecule has 0 saturated carbocycles. The van der Waals surface area contributed by atoms with Gasteiger partial charge in [0, 0.05) is 18.7 Å². The summed E-state index contributed by atoms with van der Waals surface area (Å²) in [5.74, 6) is 0.906. The lowest BCUT2D eigenvalue weighted by molar-refractivity contribution is 0.0749. The first kappa shape index (κ1) is 17.5. The Hall–Kier alpha value is -2.95. The third-order valence-corrected chi connectivity index (χ3v) is 5.07. The van der Waals surface area contributed by atoms with E-state index in [-0.39, 0.29) is 11.7 Å². The van der Waals surface area contributed by atoms with Crippen molar-refractivity contribution in [1.82, 2.24) is 19.7 Å². The molecule has 3 aromatic rings. The van der Waals surface area contributed by atoms with E-state index < -0.39 is 0 Å². The SMILES string of the molecule is Cc1ccccc1-n1nc(C(=O)N2CCCCCC2)nc1-c1ccccc1. The molecule has 1 aromatic heterocycles. The van der Waals surface area contributed by atoms with E-state index in [0.717, 1.165) is 42.7 Å². The summed E-state index contributed by atoms with van der Waals surface area (Å²) in [5.41, 5.74) is 2.98. The minimum absolute atomic E-state index is 0.0681. The van der Waals surface area contributed by atoms with E-state index in [1.807, 2.05) is 66.4 Å². The topological polar surface area (TPSA) is 51.0 Å². The van der Waals surface area contributed by atoms with E-state index >= 15 is 0 Å². The van der Waals surface area contributed by atoms with Gasteiger partial charge < -0.3 is 4.90 Å². The number of hydrogen-bond acceptors (Lipinski definition) is 3. The number of aryl methyl sites for hydroxylation is 1. The Morgan fingerprint density at radius 1 is 0.889 bits per heavy atom. The van der Waals surface area contributed by atoms with Gasteiger partial charge >= 0.3 is 0 Å². The highest BCUT2D eigenvalue weighted by molar-refractivity contribution is 5.91. The molecule has 1 aliphatic rings. The lowest BCUT2D eigenvalue weighted by atomic mass is 10.2. The van der Waals surface area contributed by atoms with Gasteiger partial charge in [0.2, 0.25) is 5.82 Å². The summed E-state index contributed by atoms with van der Waals surface area (Å²) in [5, 5.41) is 4.64. The van der Waals surface area contributed by atoms with Gasteiger partial charge in [0.05, 0.1) is 5.69 Å². The van der Waals surface area contributed by atoms with Crippen molar-refractivity contribution in [1.29, 1.82) is 0 Å². The molecule has 0 N–H and O–H groups in total. The predicted octanol–water partition coefficient (Wildman–Crippen LogP) is 4.26. The first-order valence-corrected chi connectivity index (χ1v) is 9.62. The van der Waals surface area contributed by atoms with Crippen molar-refractivity contribution in [3.63, 3.8) is 0 Å². The van der Waals surface area contributed by atoms with Gasteiger partial charge in [-0.25, -0.2) is 9.67 Å². The van der Waals surface area contributed by atoms with Crippen LogP contribution in [0.1, 0.15) is 41.9 Å². The lowest BCUT2D eigenvalue weighted by Gasteiger charge is -2.18. The van der Waals surface area contributed by atoms with Gasteiger partial charge in [0.15, 0.2) is 5.82 Å². The molecule has 0 radical (unpaired) electrons. The van der Waals surface area contributed by atoms with E-state index in [9.17, 15) is 4.79 Å². The Morgan fingerprint density at radius 2 is 1.56 bits per heavy atom. The van der Waals surface area contributed by atoms with Crippen molar-refractivity contribution in [2.24, 2.45) is 0 Å². The van der Waals surface area contributed by atoms with Crippen LogP contribution in [0.3, 0.4) is 0 Å². The molecule has 1 fully saturated rings. The maximum absolute atomic E-state index is 13.1. The van der Waals surface area contributed by atoms with Crippen LogP contribution < -0.4 is 0 Å². The van der Waals surface area contributed by atoms with Gasteiger partial charge in [0.1, 0.15) is 0 Å². The van der Waals surface area contributed by atoms with Crippen LogP contribution >= 0.6 is 0 Å². The molecule has 2 aromatic carbocycles. The Bertz CT molecular complexity index is 924. The maximum atomic E-state index is 13.1. The van der Waals surface area contributed by atoms with Crippen LogP contribution in [0.5, 0.6) is 0 Å². The van der Waals surface area contributed by atoms with Gasteiger partial charge in [-0.05, 0) is 31.4 Å². The molecular weight excluding hydrogens is 336 g/mol. The zero-order valence-corrected chi connectivity index (χ0v) is 15.6. The van der Waals surface area contributed by atoms with E-state index in [4.69, 9.17) is 0 Å². The second-order valence-corrected chi connectivity index (χ2v) is 7.03. The second-order valence-electron chi connectivity index (χ2n) is 7.03. The predicted molar refractivity (Wildman–Crippen MR) is 106 cm³/mol. The number of hydrogen-bond donors (Lipinski definition) is 0. The first-order valence-electron chi connectivity index (χ1n) is 9.62. The highest BCUT2D eigenvalue weighted by atomic mass is 16.2. The van der Waals surface area contributed by atoms with Crippen molar-refractivity contribution in [3.8, 4) is 17.1 Å². The molecule has 0 aliphatic carbocycles. The average Bonchev–Trinajstić information content (AvgIpc) is 2.96. The molecule has 4 rings (SSSR count). The fraction of sp³-hybridized carbons (Fsp3) is 0.318. The van der Waals surface area contributed by atoms with E-state index in [1.165, 1.54) is 12.8 Å². The van der Waals surface area contributed by atoms with Crippen molar-refractivity contribution >= 4 is 5.91 Å². The first-order chi connectivity index (χ1) is 13.2. The monoisotopic (exact) mass is 360 g/mol. The number of likely N-dealkylation sites (tertiary alicyclic amines) is 1. The standard InChI is InChI=1S/C22H24N4O/c1-17-11-7-8-14-19(17)26-21(18-12-5-4-6-13-18)23-20(24-26)22(27)25-15-9-2-3-10-16-25/h4-8,11-14H,2-3,9-10,15-16H2,1H3. The summed E-state index contributed by atoms with van der Waals surface area (Å²) in [4.78, 5) is 19.6. The quantitative estimate of drug-likeness (QED) is 0.701. The van der Waals surface area contributed by atoms with Gasteiger partial charge in [-0.15, -0.1) is 5.10 Å². The van der Waals surface area contributed by atoms with E-state index in [1.54, 1.807) is 4.68 Å². The highest BCUT2D eigenvalue weighted by Crippen LogP contribution is 2.23. The summed E-state index contributed by atoms with van der Waals surface area (Å²) in [6.45, 7) is 3.62. The molecular formula is C22H24N4O. The molecule has 1 amide bonds. The van der Waals surface area contributed by atoms with Crippen molar-refractivity contribution < 1.29 is 4.79 Å². The van der Waals surface area contributed by atoms with Gasteiger partial charge in [-0.3, -0.25) is 4.79 Å². The zero-order chi connectivity index (χ0) is 18.6. The van der Waals surface area contributed by atoms with Gasteiger partial charge in [0.25, 0.3) is 5.91 Å². The summed E-state index contributed by atoms with van der Waals surface area (Å²) < 4.78 is 1.80. The van der Waals surface area contributed by atoms with Crippen molar-refractivity contribution in [2.75, 3.05) is 13.1 Å². The molecule has 0 atom stereocenters. The van der Waals surface area contributed by atoms with Crippen LogP contribution in [0.2, 0.25) is 0 Å². The van der Waals surface area contributed by atoms with Gasteiger partial charge in [-0.1, -0.05) is 61.4 Å². The Labute approximate surface area is 159 Å². The van der Waals surface area contributed by atoms with Crippen LogP contribution in [0, 0.1) is 6.92 Å². The Morgan fingerprint density at radius 3 is 2.26 bits per heavy atom. The normalized spacial score (nSPS) is 14.8. The molecule has 27 heavy (non-hydrogen) atoms. The maximum Gasteiger partial charge on any atom is 0.293 e. The molecule has 2 heterocycles. The lowest BCUT2D eigenvalue weighted by Crippen LogP contribution is -2.32. The summed E-state index contributed by atoms with van der Waals surface area (Å²) in [6.07, 6.45) is 4.47. The van der Waals surface area contributed by atoms with Crippen LogP contribution in [0.25, 0.3) is 17.1 Å². The molecule has 5 heteroatoms. The molecule has 0 unspecified atom stereocenters. The molecule has 0 spiro atoms. The van der Waals surface area contributed by atoms with Crippen LogP contribution in [0.4, 0.5) is 0 Å². The average molecular weight is 360 g/mol. The van der Waals surface area contributed by atoms with Gasteiger partial charge in [-0.2, -0.15) is 0 Å². The Kier molecular flexibility index (Phi) is 5.01. The number of carbonyl (C=O) groups excluding carboxylic acids is 1. The number of carbonyl (C=O) groups is 1. The fourth-order valence-corrected chi connectivity index (χ4v) is 3.56. The third kappa shape index (κ3) is 3.63. The smallest absolute Gasteiger partial charge is 0.293 e. The van der Waals surface area contributed by atoms with Crippen molar-refractivity contribution in [2.45, 2.75) is 32.6 Å². The van der Waals surface area contributed by atoms with Crippen LogP contribution in [-0.2, 0) is 0 Å². The molecule has 1 saturated heterocycles. The molecule has 0 bridgehead atoms. The molecule has 138 valence electrons. The molecule has 5 nitrogen and oxygen atoms in total. The number of aromatic nitrogens is 3. The van der Waals surface area contributed by atoms with E-state index in [0.29, 0.717) is 5.82 Å². The number of nitrogens with zero attached hydrogens (tertiary/aromatic N) is 4. The number of rotatable bonds is 3. The highest BCUT2D eigenvalue weighted by Gasteiger charge is 2.24. The number of para-hydroxylation sites is 1. The minimum atomic E-state index is -0.0681. The largest absolute Gasteiger partial charge is 0.336 e. The zero-order valence-electron chi connectivity index (χ0n) is 15.6. The summed E-state index contributed by atoms with van der Waals surface area (Å²) in [6, 6.07) is 18.0.